The number of hydrogen-bond donors (Lipinski definition) is 1. The minimum atomic E-state index is -3.99. The van der Waals surface area contributed by atoms with Gasteiger partial charge in [-0.25, -0.2) is 8.42 Å². The van der Waals surface area contributed by atoms with Gasteiger partial charge < -0.3 is 19.5 Å². The molecule has 0 aromatic heterocycles. The summed E-state index contributed by atoms with van der Waals surface area (Å²) in [5.41, 5.74) is 0.821. The number of amides is 1. The Morgan fingerprint density at radius 2 is 1.72 bits per heavy atom. The molecule has 9 heteroatoms. The van der Waals surface area contributed by atoms with Crippen LogP contribution in [0.2, 0.25) is 0 Å². The van der Waals surface area contributed by atoms with Crippen molar-refractivity contribution in [3.8, 4) is 17.2 Å². The topological polar surface area (TPSA) is 94.2 Å². The number of nitrogens with zero attached hydrogens (tertiary/aromatic N) is 1. The van der Waals surface area contributed by atoms with Crippen LogP contribution in [0.4, 0.5) is 11.4 Å². The molecule has 0 unspecified atom stereocenters. The highest BCUT2D eigenvalue weighted by molar-refractivity contribution is 7.92. The Balaban J connectivity index is 1.60. The van der Waals surface area contributed by atoms with Crippen molar-refractivity contribution in [1.29, 1.82) is 0 Å². The van der Waals surface area contributed by atoms with E-state index < -0.39 is 22.5 Å². The molecule has 0 saturated carbocycles. The van der Waals surface area contributed by atoms with E-state index in [0.29, 0.717) is 35.2 Å². The maximum absolute atomic E-state index is 13.4. The van der Waals surface area contributed by atoms with Crippen LogP contribution >= 0.6 is 0 Å². The van der Waals surface area contributed by atoms with Gasteiger partial charge in [0, 0.05) is 11.8 Å². The SMILES string of the molecule is CCOc1ccc(N(CC(=O)Nc2ccc3c(c2)OCO3)S(=O)(=O)c2ccccc2)cc1. The number of fused-ring (bicyclic) bond motifs is 1. The molecule has 4 rings (SSSR count). The summed E-state index contributed by atoms with van der Waals surface area (Å²) in [6.07, 6.45) is 0. The van der Waals surface area contributed by atoms with Gasteiger partial charge in [-0.3, -0.25) is 9.10 Å². The van der Waals surface area contributed by atoms with Crippen molar-refractivity contribution < 1.29 is 27.4 Å². The number of anilines is 2. The van der Waals surface area contributed by atoms with Crippen molar-refractivity contribution >= 4 is 27.3 Å². The summed E-state index contributed by atoms with van der Waals surface area (Å²) in [7, 11) is -3.99. The van der Waals surface area contributed by atoms with Crippen LogP contribution in [0.15, 0.2) is 77.7 Å². The van der Waals surface area contributed by atoms with Crippen molar-refractivity contribution in [2.45, 2.75) is 11.8 Å². The maximum atomic E-state index is 13.4. The molecule has 166 valence electrons. The molecule has 1 aliphatic heterocycles. The van der Waals surface area contributed by atoms with E-state index in [9.17, 15) is 13.2 Å². The molecular formula is C23H22N2O6S. The van der Waals surface area contributed by atoms with Crippen molar-refractivity contribution in [2.24, 2.45) is 0 Å². The van der Waals surface area contributed by atoms with E-state index in [1.807, 2.05) is 6.92 Å². The van der Waals surface area contributed by atoms with Crippen LogP contribution in [-0.2, 0) is 14.8 Å². The van der Waals surface area contributed by atoms with Crippen LogP contribution in [0.5, 0.6) is 17.2 Å². The molecule has 8 nitrogen and oxygen atoms in total. The Hall–Kier alpha value is -3.72. The van der Waals surface area contributed by atoms with Crippen molar-refractivity contribution in [3.63, 3.8) is 0 Å². The Morgan fingerprint density at radius 1 is 1.00 bits per heavy atom. The number of hydrogen-bond acceptors (Lipinski definition) is 6. The van der Waals surface area contributed by atoms with E-state index in [4.69, 9.17) is 14.2 Å². The van der Waals surface area contributed by atoms with E-state index in [-0.39, 0.29) is 11.7 Å². The number of carbonyl (C=O) groups is 1. The first kappa shape index (κ1) is 21.5. The van der Waals surface area contributed by atoms with Crippen LogP contribution < -0.4 is 23.8 Å². The smallest absolute Gasteiger partial charge is 0.264 e. The van der Waals surface area contributed by atoms with E-state index in [1.165, 1.54) is 12.1 Å². The number of nitrogens with one attached hydrogen (secondary N) is 1. The summed E-state index contributed by atoms with van der Waals surface area (Å²) in [6.45, 7) is 2.05. The largest absolute Gasteiger partial charge is 0.494 e. The molecule has 0 fully saturated rings. The fourth-order valence-corrected chi connectivity index (χ4v) is 4.66. The van der Waals surface area contributed by atoms with E-state index >= 15 is 0 Å². The van der Waals surface area contributed by atoms with Crippen molar-refractivity contribution in [3.05, 3.63) is 72.8 Å². The van der Waals surface area contributed by atoms with Crippen LogP contribution in [0.3, 0.4) is 0 Å². The summed E-state index contributed by atoms with van der Waals surface area (Å²) in [5.74, 6) is 1.21. The summed E-state index contributed by atoms with van der Waals surface area (Å²) in [5, 5.41) is 2.72. The second-order valence-electron chi connectivity index (χ2n) is 6.87. The minimum Gasteiger partial charge on any atom is -0.494 e. The van der Waals surface area contributed by atoms with E-state index in [2.05, 4.69) is 5.32 Å². The lowest BCUT2D eigenvalue weighted by Gasteiger charge is -2.24. The van der Waals surface area contributed by atoms with Crippen LogP contribution in [0.1, 0.15) is 6.92 Å². The molecule has 1 N–H and O–H groups in total. The number of benzene rings is 3. The molecule has 1 heterocycles. The molecule has 0 saturated heterocycles. The van der Waals surface area contributed by atoms with Gasteiger partial charge in [0.25, 0.3) is 10.0 Å². The second kappa shape index (κ2) is 9.19. The molecular weight excluding hydrogens is 432 g/mol. The Kier molecular flexibility index (Phi) is 6.18. The molecule has 0 atom stereocenters. The molecule has 0 aliphatic carbocycles. The molecule has 0 spiro atoms. The van der Waals surface area contributed by atoms with Gasteiger partial charge in [-0.15, -0.1) is 0 Å². The molecule has 3 aromatic rings. The van der Waals surface area contributed by atoms with Crippen molar-refractivity contribution in [2.75, 3.05) is 29.6 Å². The number of rotatable bonds is 8. The highest BCUT2D eigenvalue weighted by Crippen LogP contribution is 2.34. The average Bonchev–Trinajstić information content (AvgIpc) is 3.27. The summed E-state index contributed by atoms with van der Waals surface area (Å²) >= 11 is 0. The number of carbonyl (C=O) groups excluding carboxylic acids is 1. The highest BCUT2D eigenvalue weighted by atomic mass is 32.2. The second-order valence-corrected chi connectivity index (χ2v) is 8.73. The van der Waals surface area contributed by atoms with Gasteiger partial charge in [0.2, 0.25) is 12.7 Å². The first-order valence-corrected chi connectivity index (χ1v) is 11.4. The Bertz CT molecular complexity index is 1200. The number of sulfonamides is 1. The minimum absolute atomic E-state index is 0.0877. The third-order valence-corrected chi connectivity index (χ3v) is 6.50. The summed E-state index contributed by atoms with van der Waals surface area (Å²) < 4.78 is 43.8. The lowest BCUT2D eigenvalue weighted by Crippen LogP contribution is -2.38. The van der Waals surface area contributed by atoms with Crippen molar-refractivity contribution in [1.82, 2.24) is 0 Å². The summed E-state index contributed by atoms with van der Waals surface area (Å²) in [4.78, 5) is 12.9. The maximum Gasteiger partial charge on any atom is 0.264 e. The van der Waals surface area contributed by atoms with Crippen LogP contribution in [-0.4, -0.2) is 34.3 Å². The zero-order valence-electron chi connectivity index (χ0n) is 17.4. The Labute approximate surface area is 186 Å². The van der Waals surface area contributed by atoms with Gasteiger partial charge in [-0.2, -0.15) is 0 Å². The third kappa shape index (κ3) is 4.62. The van der Waals surface area contributed by atoms with Gasteiger partial charge >= 0.3 is 0 Å². The molecule has 0 radical (unpaired) electrons. The van der Waals surface area contributed by atoms with E-state index in [0.717, 1.165) is 4.31 Å². The summed E-state index contributed by atoms with van der Waals surface area (Å²) in [6, 6.07) is 19.5. The van der Waals surface area contributed by atoms with Gasteiger partial charge in [-0.1, -0.05) is 18.2 Å². The molecule has 32 heavy (non-hydrogen) atoms. The first-order valence-electron chi connectivity index (χ1n) is 9.97. The quantitative estimate of drug-likeness (QED) is 0.558. The molecule has 1 amide bonds. The van der Waals surface area contributed by atoms with Gasteiger partial charge in [-0.05, 0) is 55.5 Å². The third-order valence-electron chi connectivity index (χ3n) is 4.71. The molecule has 3 aromatic carbocycles. The lowest BCUT2D eigenvalue weighted by atomic mass is 10.2. The number of ether oxygens (including phenoxy) is 3. The predicted molar refractivity (Wildman–Crippen MR) is 120 cm³/mol. The highest BCUT2D eigenvalue weighted by Gasteiger charge is 2.27. The van der Waals surface area contributed by atoms with E-state index in [1.54, 1.807) is 60.7 Å². The lowest BCUT2D eigenvalue weighted by molar-refractivity contribution is -0.114. The normalized spacial score (nSPS) is 12.3. The molecule has 0 bridgehead atoms. The standard InChI is InChI=1S/C23H22N2O6S/c1-2-29-19-11-9-18(10-12-19)25(32(27,28)20-6-4-3-5-7-20)15-23(26)24-17-8-13-21-22(14-17)31-16-30-21/h3-14H,2,15-16H2,1H3,(H,24,26). The monoisotopic (exact) mass is 454 g/mol. The van der Waals surface area contributed by atoms with Gasteiger partial charge in [0.15, 0.2) is 11.5 Å². The van der Waals surface area contributed by atoms with Gasteiger partial charge in [0.1, 0.15) is 12.3 Å². The van der Waals surface area contributed by atoms with Gasteiger partial charge in [0.05, 0.1) is 17.2 Å². The predicted octanol–water partition coefficient (Wildman–Crippen LogP) is 3.65. The fraction of sp³-hybridized carbons (Fsp3) is 0.174. The Morgan fingerprint density at radius 3 is 2.44 bits per heavy atom. The zero-order valence-corrected chi connectivity index (χ0v) is 18.2. The fourth-order valence-electron chi connectivity index (χ4n) is 3.22. The molecule has 1 aliphatic rings. The van der Waals surface area contributed by atoms with Crippen LogP contribution in [0.25, 0.3) is 0 Å². The first-order chi connectivity index (χ1) is 15.5. The average molecular weight is 455 g/mol. The zero-order chi connectivity index (χ0) is 22.6. The van der Waals surface area contributed by atoms with Crippen LogP contribution in [0, 0.1) is 0 Å².